The topological polar surface area (TPSA) is 75.3 Å². The SMILES string of the molecule is Cc1cc(B2OC(C)(C)C(C)(C)O2)ccc1N=Cc1cc(B2OC(C)(C)C(C)(C)O2)ccc1N. The minimum Gasteiger partial charge on any atom is -0.399 e. The molecule has 2 aromatic rings. The molecule has 2 fully saturated rings. The van der Waals surface area contributed by atoms with Crippen LogP contribution in [-0.2, 0) is 18.6 Å². The first kappa shape index (κ1) is 25.0. The standard InChI is InChI=1S/C26H36B2N2O4/c1-17-14-19(27-31-23(2,3)24(4,5)32-27)11-13-22(17)30-16-18-15-20(10-12-21(18)29)28-33-25(6,7)26(8,9)34-28/h10-16H,29H2,1-9H3. The molecular formula is C26H36B2N2O4. The number of anilines is 1. The van der Waals surface area contributed by atoms with E-state index in [1.165, 1.54) is 0 Å². The van der Waals surface area contributed by atoms with Crippen LogP contribution in [0.1, 0.15) is 66.5 Å². The van der Waals surface area contributed by atoms with Crippen LogP contribution in [0.25, 0.3) is 0 Å². The van der Waals surface area contributed by atoms with Crippen molar-refractivity contribution in [2.45, 2.75) is 84.7 Å². The van der Waals surface area contributed by atoms with Gasteiger partial charge >= 0.3 is 14.2 Å². The minimum atomic E-state index is -0.446. The lowest BCUT2D eigenvalue weighted by Crippen LogP contribution is -2.41. The van der Waals surface area contributed by atoms with Gasteiger partial charge in [-0.2, -0.15) is 0 Å². The van der Waals surface area contributed by atoms with Crippen LogP contribution in [0.3, 0.4) is 0 Å². The zero-order valence-electron chi connectivity index (χ0n) is 21.9. The van der Waals surface area contributed by atoms with Crippen molar-refractivity contribution in [2.24, 2.45) is 4.99 Å². The summed E-state index contributed by atoms with van der Waals surface area (Å²) < 4.78 is 24.7. The van der Waals surface area contributed by atoms with E-state index in [0.717, 1.165) is 27.7 Å². The van der Waals surface area contributed by atoms with Crippen molar-refractivity contribution < 1.29 is 18.6 Å². The molecule has 34 heavy (non-hydrogen) atoms. The molecule has 2 N–H and O–H groups in total. The Labute approximate surface area is 204 Å². The van der Waals surface area contributed by atoms with Gasteiger partial charge in [-0.3, -0.25) is 4.99 Å². The Hall–Kier alpha value is -2.12. The molecule has 2 aliphatic heterocycles. The molecule has 0 spiro atoms. The maximum atomic E-state index is 6.25. The van der Waals surface area contributed by atoms with Gasteiger partial charge in [0.05, 0.1) is 28.1 Å². The first-order chi connectivity index (χ1) is 15.6. The monoisotopic (exact) mass is 462 g/mol. The van der Waals surface area contributed by atoms with Crippen LogP contribution in [0.4, 0.5) is 11.4 Å². The Morgan fingerprint density at radius 2 is 1.15 bits per heavy atom. The Bertz CT molecular complexity index is 1100. The first-order valence-corrected chi connectivity index (χ1v) is 11.9. The number of nitrogens with two attached hydrogens (primary N) is 1. The molecule has 180 valence electrons. The van der Waals surface area contributed by atoms with Crippen molar-refractivity contribution in [3.05, 3.63) is 47.5 Å². The second-order valence-corrected chi connectivity index (χ2v) is 11.4. The van der Waals surface area contributed by atoms with E-state index < -0.39 is 25.4 Å². The summed E-state index contributed by atoms with van der Waals surface area (Å²) in [4.78, 5) is 4.72. The fraction of sp³-hybridized carbons (Fsp3) is 0.500. The van der Waals surface area contributed by atoms with E-state index in [1.54, 1.807) is 6.21 Å². The van der Waals surface area contributed by atoms with Crippen LogP contribution in [0, 0.1) is 6.92 Å². The predicted molar refractivity (Wildman–Crippen MR) is 141 cm³/mol. The van der Waals surface area contributed by atoms with Crippen molar-refractivity contribution in [1.82, 2.24) is 0 Å². The lowest BCUT2D eigenvalue weighted by Gasteiger charge is -2.32. The maximum Gasteiger partial charge on any atom is 0.494 e. The second kappa shape index (κ2) is 8.23. The zero-order valence-corrected chi connectivity index (χ0v) is 21.9. The summed E-state index contributed by atoms with van der Waals surface area (Å²) in [6, 6.07) is 11.9. The molecule has 0 aliphatic carbocycles. The second-order valence-electron chi connectivity index (χ2n) is 11.4. The van der Waals surface area contributed by atoms with Crippen LogP contribution in [-0.4, -0.2) is 42.9 Å². The van der Waals surface area contributed by atoms with E-state index in [-0.39, 0.29) is 11.2 Å². The number of rotatable bonds is 4. The third-order valence-corrected chi connectivity index (χ3v) is 7.73. The van der Waals surface area contributed by atoms with Crippen molar-refractivity contribution >= 4 is 42.8 Å². The molecule has 0 radical (unpaired) electrons. The minimum absolute atomic E-state index is 0.373. The van der Waals surface area contributed by atoms with Crippen LogP contribution < -0.4 is 16.7 Å². The van der Waals surface area contributed by atoms with Crippen molar-refractivity contribution in [3.8, 4) is 0 Å². The highest BCUT2D eigenvalue weighted by atomic mass is 16.7. The summed E-state index contributed by atoms with van der Waals surface area (Å²) in [6.07, 6.45) is 1.79. The maximum absolute atomic E-state index is 6.25. The van der Waals surface area contributed by atoms with E-state index in [9.17, 15) is 0 Å². The molecule has 2 aliphatic rings. The molecule has 2 saturated heterocycles. The van der Waals surface area contributed by atoms with Crippen LogP contribution >= 0.6 is 0 Å². The Balaban J connectivity index is 1.54. The predicted octanol–water partition coefficient (Wildman–Crippen LogP) is 3.93. The Morgan fingerprint density at radius 1 is 0.706 bits per heavy atom. The molecule has 2 aromatic carbocycles. The van der Waals surface area contributed by atoms with Gasteiger partial charge in [0, 0.05) is 17.5 Å². The highest BCUT2D eigenvalue weighted by Gasteiger charge is 2.52. The fourth-order valence-corrected chi connectivity index (χ4v) is 3.92. The molecule has 8 heteroatoms. The van der Waals surface area contributed by atoms with E-state index in [4.69, 9.17) is 29.3 Å². The van der Waals surface area contributed by atoms with Gasteiger partial charge in [0.2, 0.25) is 0 Å². The van der Waals surface area contributed by atoms with Gasteiger partial charge in [-0.1, -0.05) is 24.3 Å². The highest BCUT2D eigenvalue weighted by Crippen LogP contribution is 2.37. The van der Waals surface area contributed by atoms with Crippen molar-refractivity contribution in [1.29, 1.82) is 0 Å². The van der Waals surface area contributed by atoms with E-state index >= 15 is 0 Å². The van der Waals surface area contributed by atoms with Gasteiger partial charge < -0.3 is 24.4 Å². The number of nitrogen functional groups attached to an aromatic ring is 1. The average molecular weight is 462 g/mol. The summed E-state index contributed by atoms with van der Waals surface area (Å²) in [5, 5.41) is 0. The van der Waals surface area contributed by atoms with Crippen molar-refractivity contribution in [3.63, 3.8) is 0 Å². The molecule has 4 rings (SSSR count). The van der Waals surface area contributed by atoms with Gasteiger partial charge in [-0.25, -0.2) is 0 Å². The molecule has 0 saturated carbocycles. The Kier molecular flexibility index (Phi) is 6.05. The molecule has 0 bridgehead atoms. The highest BCUT2D eigenvalue weighted by molar-refractivity contribution is 6.62. The molecule has 0 amide bonds. The summed E-state index contributed by atoms with van der Waals surface area (Å²) in [6.45, 7) is 18.4. The zero-order chi connectivity index (χ0) is 25.1. The number of aliphatic imine (C=N–C) groups is 1. The molecule has 0 aromatic heterocycles. The average Bonchev–Trinajstić information content (AvgIpc) is 3.07. The summed E-state index contributed by atoms with van der Waals surface area (Å²) in [7, 11) is -0.840. The number of nitrogens with zero attached hydrogens (tertiary/aromatic N) is 1. The molecule has 0 unspecified atom stereocenters. The molecule has 0 atom stereocenters. The summed E-state index contributed by atoms with van der Waals surface area (Å²) in [5.41, 5.74) is 9.97. The van der Waals surface area contributed by atoms with E-state index in [1.807, 2.05) is 65.0 Å². The normalized spacial score (nSPS) is 22.6. The van der Waals surface area contributed by atoms with Gasteiger partial charge in [0.1, 0.15) is 0 Å². The fourth-order valence-electron chi connectivity index (χ4n) is 3.92. The first-order valence-electron chi connectivity index (χ1n) is 11.9. The smallest absolute Gasteiger partial charge is 0.399 e. The lowest BCUT2D eigenvalue weighted by molar-refractivity contribution is 0.00578. The van der Waals surface area contributed by atoms with Crippen molar-refractivity contribution in [2.75, 3.05) is 5.73 Å². The van der Waals surface area contributed by atoms with Gasteiger partial charge in [-0.05, 0) is 90.9 Å². The largest absolute Gasteiger partial charge is 0.494 e. The number of hydrogen-bond acceptors (Lipinski definition) is 6. The molecular weight excluding hydrogens is 426 g/mol. The third kappa shape index (κ3) is 4.44. The molecule has 2 heterocycles. The summed E-state index contributed by atoms with van der Waals surface area (Å²) in [5.74, 6) is 0. The van der Waals surface area contributed by atoms with Gasteiger partial charge in [-0.15, -0.1) is 0 Å². The van der Waals surface area contributed by atoms with Crippen LogP contribution in [0.15, 0.2) is 41.4 Å². The number of aryl methyl sites for hydroxylation is 1. The third-order valence-electron chi connectivity index (χ3n) is 7.73. The quantitative estimate of drug-likeness (QED) is 0.424. The van der Waals surface area contributed by atoms with Gasteiger partial charge in [0.25, 0.3) is 0 Å². The van der Waals surface area contributed by atoms with E-state index in [0.29, 0.717) is 5.69 Å². The van der Waals surface area contributed by atoms with Crippen LogP contribution in [0.2, 0.25) is 0 Å². The Morgan fingerprint density at radius 3 is 1.62 bits per heavy atom. The number of benzene rings is 2. The number of hydrogen-bond donors (Lipinski definition) is 1. The van der Waals surface area contributed by atoms with E-state index in [2.05, 4.69) is 33.8 Å². The van der Waals surface area contributed by atoms with Crippen LogP contribution in [0.5, 0.6) is 0 Å². The van der Waals surface area contributed by atoms with Gasteiger partial charge in [0.15, 0.2) is 0 Å². The summed E-state index contributed by atoms with van der Waals surface area (Å²) >= 11 is 0. The molecule has 6 nitrogen and oxygen atoms in total. The lowest BCUT2D eigenvalue weighted by atomic mass is 9.78.